The van der Waals surface area contributed by atoms with Crippen LogP contribution in [0, 0.1) is 41.5 Å². The molecule has 3 rings (SSSR count). The van der Waals surface area contributed by atoms with Crippen molar-refractivity contribution < 1.29 is 0 Å². The van der Waals surface area contributed by atoms with Gasteiger partial charge in [-0.1, -0.05) is 35.4 Å². The zero-order valence-corrected chi connectivity index (χ0v) is 23.8. The minimum atomic E-state index is 0. The third-order valence-electron chi connectivity index (χ3n) is 5.03. The lowest BCUT2D eigenvalue weighted by atomic mass is 10.0. The molecule has 31 heavy (non-hydrogen) atoms. The molecule has 0 atom stereocenters. The van der Waals surface area contributed by atoms with E-state index < -0.39 is 0 Å². The van der Waals surface area contributed by atoms with Crippen molar-refractivity contribution in [1.82, 2.24) is 9.55 Å². The Morgan fingerprint density at radius 2 is 1.26 bits per heavy atom. The van der Waals surface area contributed by atoms with Crippen molar-refractivity contribution in [2.24, 2.45) is 4.99 Å². The van der Waals surface area contributed by atoms with Gasteiger partial charge in [-0.3, -0.25) is 4.99 Å². The van der Waals surface area contributed by atoms with Crippen LogP contribution in [0.3, 0.4) is 0 Å². The zero-order valence-electron chi connectivity index (χ0n) is 19.1. The van der Waals surface area contributed by atoms with E-state index in [9.17, 15) is 0 Å². The molecule has 0 spiro atoms. The molecule has 1 heterocycles. The van der Waals surface area contributed by atoms with Crippen LogP contribution in [0.5, 0.6) is 0 Å². The first-order chi connectivity index (χ1) is 13.8. The molecule has 0 amide bonds. The number of imidazole rings is 1. The number of rotatable bonds is 5. The topological polar surface area (TPSA) is 54.2 Å². The molecule has 0 bridgehead atoms. The maximum Gasteiger partial charge on any atom is 0.200 e. The third-order valence-corrected chi connectivity index (χ3v) is 5.03. The van der Waals surface area contributed by atoms with Gasteiger partial charge in [-0.15, -0.1) is 48.0 Å². The lowest BCUT2D eigenvalue weighted by Crippen LogP contribution is -2.25. The van der Waals surface area contributed by atoms with Gasteiger partial charge >= 0.3 is 0 Å². The van der Waals surface area contributed by atoms with Crippen LogP contribution in [-0.2, 0) is 6.54 Å². The monoisotopic (exact) mass is 645 g/mol. The maximum absolute atomic E-state index is 4.84. The summed E-state index contributed by atoms with van der Waals surface area (Å²) in [5.41, 5.74) is 9.59. The fourth-order valence-corrected chi connectivity index (χ4v) is 3.80. The summed E-state index contributed by atoms with van der Waals surface area (Å²) in [7, 11) is 0. The molecule has 7 heteroatoms. The van der Waals surface area contributed by atoms with Crippen LogP contribution in [0.2, 0.25) is 0 Å². The van der Waals surface area contributed by atoms with Crippen molar-refractivity contribution in [2.45, 2.75) is 48.1 Å². The standard InChI is InChI=1S/C24H31N5.2HI/c1-16-11-18(3)22(19(4)12-16)27-24(26-8-10-29-9-7-25-15-29)28-23-20(5)13-17(2)14-21(23)6;;/h7,9,11-15H,8,10H2,1-6H3,(H2,26,27,28);2*1H. The van der Waals surface area contributed by atoms with Gasteiger partial charge in [0.1, 0.15) is 0 Å². The van der Waals surface area contributed by atoms with Gasteiger partial charge < -0.3 is 15.2 Å². The Labute approximate surface area is 220 Å². The van der Waals surface area contributed by atoms with Crippen LogP contribution in [-0.4, -0.2) is 22.1 Å². The van der Waals surface area contributed by atoms with E-state index in [4.69, 9.17) is 4.99 Å². The number of nitrogens with one attached hydrogen (secondary N) is 2. The lowest BCUT2D eigenvalue weighted by molar-refractivity contribution is 0.708. The van der Waals surface area contributed by atoms with Gasteiger partial charge in [0.05, 0.1) is 12.9 Å². The molecule has 0 aliphatic heterocycles. The Balaban J connectivity index is 0.00000240. The minimum absolute atomic E-state index is 0. The zero-order chi connectivity index (χ0) is 21.0. The lowest BCUT2D eigenvalue weighted by Gasteiger charge is -2.19. The highest BCUT2D eigenvalue weighted by Crippen LogP contribution is 2.25. The van der Waals surface area contributed by atoms with E-state index in [1.807, 2.05) is 17.1 Å². The smallest absolute Gasteiger partial charge is 0.200 e. The molecule has 0 fully saturated rings. The molecule has 0 saturated heterocycles. The Morgan fingerprint density at radius 1 is 0.806 bits per heavy atom. The second-order valence-corrected chi connectivity index (χ2v) is 7.83. The van der Waals surface area contributed by atoms with E-state index in [0.717, 1.165) is 23.9 Å². The second-order valence-electron chi connectivity index (χ2n) is 7.83. The summed E-state index contributed by atoms with van der Waals surface area (Å²) < 4.78 is 2.03. The maximum atomic E-state index is 4.84. The number of benzene rings is 2. The fraction of sp³-hybridized carbons (Fsp3) is 0.333. The number of anilines is 2. The number of hydrogen-bond donors (Lipinski definition) is 2. The van der Waals surface area contributed by atoms with E-state index in [1.165, 1.54) is 33.4 Å². The largest absolute Gasteiger partial charge is 0.336 e. The molecule has 168 valence electrons. The van der Waals surface area contributed by atoms with Gasteiger partial charge in [-0.2, -0.15) is 0 Å². The summed E-state index contributed by atoms with van der Waals surface area (Å²) in [5.74, 6) is 0.759. The van der Waals surface area contributed by atoms with Crippen LogP contribution < -0.4 is 10.6 Å². The number of nitrogens with zero attached hydrogens (tertiary/aromatic N) is 3. The Hall–Kier alpha value is -1.62. The fourth-order valence-electron chi connectivity index (χ4n) is 3.80. The summed E-state index contributed by atoms with van der Waals surface area (Å²) in [6, 6.07) is 8.78. The Morgan fingerprint density at radius 3 is 1.65 bits per heavy atom. The molecule has 2 N–H and O–H groups in total. The van der Waals surface area contributed by atoms with Crippen molar-refractivity contribution in [2.75, 3.05) is 17.2 Å². The Kier molecular flexibility index (Phi) is 11.0. The van der Waals surface area contributed by atoms with Gasteiger partial charge in [0.15, 0.2) is 5.96 Å². The number of halogens is 2. The molecule has 0 saturated carbocycles. The third kappa shape index (κ3) is 7.48. The van der Waals surface area contributed by atoms with Gasteiger partial charge in [0.2, 0.25) is 0 Å². The first-order valence-electron chi connectivity index (χ1n) is 10.0. The van der Waals surface area contributed by atoms with Gasteiger partial charge in [-0.25, -0.2) is 4.98 Å². The number of guanidine groups is 1. The molecule has 1 aromatic heterocycles. The van der Waals surface area contributed by atoms with Crippen molar-refractivity contribution in [3.05, 3.63) is 76.4 Å². The van der Waals surface area contributed by atoms with Gasteiger partial charge in [-0.05, 0) is 63.8 Å². The second kappa shape index (κ2) is 12.4. The molecule has 5 nitrogen and oxygen atoms in total. The van der Waals surface area contributed by atoms with Crippen molar-refractivity contribution in [1.29, 1.82) is 0 Å². The molecule has 0 aliphatic rings. The average Bonchev–Trinajstić information content (AvgIpc) is 3.13. The van der Waals surface area contributed by atoms with E-state index >= 15 is 0 Å². The number of aliphatic imine (C=N–C) groups is 1. The summed E-state index contributed by atoms with van der Waals surface area (Å²) in [4.78, 5) is 8.95. The highest BCUT2D eigenvalue weighted by molar-refractivity contribution is 14.0. The average molecular weight is 645 g/mol. The molecule has 2 aromatic carbocycles. The van der Waals surface area contributed by atoms with Crippen molar-refractivity contribution >= 4 is 65.3 Å². The normalized spacial score (nSPS) is 10.0. The summed E-state index contributed by atoms with van der Waals surface area (Å²) in [5, 5.41) is 7.11. The van der Waals surface area contributed by atoms with Crippen LogP contribution in [0.4, 0.5) is 11.4 Å². The summed E-state index contributed by atoms with van der Waals surface area (Å²) >= 11 is 0. The highest BCUT2D eigenvalue weighted by Gasteiger charge is 2.11. The van der Waals surface area contributed by atoms with Gasteiger partial charge in [0, 0.05) is 30.3 Å². The molecular formula is C24H33I2N5. The predicted octanol–water partition coefficient (Wildman–Crippen LogP) is 6.55. The first kappa shape index (κ1) is 27.4. The van der Waals surface area contributed by atoms with Crippen LogP contribution >= 0.6 is 48.0 Å². The molecule has 0 unspecified atom stereocenters. The van der Waals surface area contributed by atoms with Crippen LogP contribution in [0.25, 0.3) is 0 Å². The van der Waals surface area contributed by atoms with E-state index in [1.54, 1.807) is 6.20 Å². The molecule has 0 aliphatic carbocycles. The van der Waals surface area contributed by atoms with Crippen LogP contribution in [0.15, 0.2) is 48.0 Å². The predicted molar refractivity (Wildman–Crippen MR) is 154 cm³/mol. The highest BCUT2D eigenvalue weighted by atomic mass is 127. The molecule has 0 radical (unpaired) electrons. The van der Waals surface area contributed by atoms with E-state index in [0.29, 0.717) is 6.54 Å². The molecule has 3 aromatic rings. The Bertz CT molecular complexity index is 919. The van der Waals surface area contributed by atoms with E-state index in [2.05, 4.69) is 81.4 Å². The molecular weight excluding hydrogens is 612 g/mol. The van der Waals surface area contributed by atoms with Crippen molar-refractivity contribution in [3.63, 3.8) is 0 Å². The number of aromatic nitrogens is 2. The quantitative estimate of drug-likeness (QED) is 0.188. The minimum Gasteiger partial charge on any atom is -0.336 e. The SMILES string of the molecule is Cc1cc(C)c(NC(=NCCn2ccnc2)Nc2c(C)cc(C)cc2C)c(C)c1.I.I. The number of hydrogen-bond acceptors (Lipinski definition) is 2. The van der Waals surface area contributed by atoms with Crippen LogP contribution in [0.1, 0.15) is 33.4 Å². The van der Waals surface area contributed by atoms with Gasteiger partial charge in [0.25, 0.3) is 0 Å². The first-order valence-corrected chi connectivity index (χ1v) is 10.0. The summed E-state index contributed by atoms with van der Waals surface area (Å²) in [6.45, 7) is 14.2. The summed E-state index contributed by atoms with van der Waals surface area (Å²) in [6.07, 6.45) is 5.57. The van der Waals surface area contributed by atoms with E-state index in [-0.39, 0.29) is 48.0 Å². The number of aryl methyl sites for hydroxylation is 6. The van der Waals surface area contributed by atoms with Crippen molar-refractivity contribution in [3.8, 4) is 0 Å².